The highest BCUT2D eigenvalue weighted by Crippen LogP contribution is 2.22. The topological polar surface area (TPSA) is 28.2 Å². The van der Waals surface area contributed by atoms with E-state index >= 15 is 0 Å². The first-order chi connectivity index (χ1) is 9.43. The normalized spacial score (nSPS) is 14.8. The van der Waals surface area contributed by atoms with Crippen molar-refractivity contribution in [3.8, 4) is 0 Å². The van der Waals surface area contributed by atoms with E-state index in [0.29, 0.717) is 0 Å². The molecular formula is C16H19N3. The molecular weight excluding hydrogens is 234 g/mol. The lowest BCUT2D eigenvalue weighted by Gasteiger charge is -2.24. The first-order valence-electron chi connectivity index (χ1n) is 6.87. The van der Waals surface area contributed by atoms with E-state index in [1.807, 2.05) is 12.3 Å². The van der Waals surface area contributed by atoms with Gasteiger partial charge in [-0.2, -0.15) is 0 Å². The second-order valence-corrected chi connectivity index (χ2v) is 4.86. The molecule has 2 aromatic rings. The highest BCUT2D eigenvalue weighted by Gasteiger charge is 2.13. The Morgan fingerprint density at radius 2 is 2.00 bits per heavy atom. The molecule has 3 nitrogen and oxygen atoms in total. The predicted octanol–water partition coefficient (Wildman–Crippen LogP) is 2.23. The van der Waals surface area contributed by atoms with E-state index in [9.17, 15) is 0 Å². The minimum Gasteiger partial charge on any atom is -0.370 e. The zero-order valence-electron chi connectivity index (χ0n) is 11.0. The van der Waals surface area contributed by atoms with Crippen LogP contribution in [-0.2, 0) is 13.0 Å². The lowest BCUT2D eigenvalue weighted by molar-refractivity contribution is 0.685. The number of anilines is 1. The van der Waals surface area contributed by atoms with E-state index in [-0.39, 0.29) is 0 Å². The Morgan fingerprint density at radius 1 is 1.11 bits per heavy atom. The van der Waals surface area contributed by atoms with Gasteiger partial charge >= 0.3 is 0 Å². The molecule has 0 fully saturated rings. The molecule has 0 atom stereocenters. The number of rotatable bonds is 3. The molecule has 98 valence electrons. The third-order valence-corrected chi connectivity index (χ3v) is 3.57. The van der Waals surface area contributed by atoms with Gasteiger partial charge in [-0.15, -0.1) is 0 Å². The molecule has 0 radical (unpaired) electrons. The van der Waals surface area contributed by atoms with Crippen molar-refractivity contribution < 1.29 is 0 Å². The molecule has 0 bridgehead atoms. The highest BCUT2D eigenvalue weighted by molar-refractivity contribution is 5.54. The summed E-state index contributed by atoms with van der Waals surface area (Å²) in [5, 5.41) is 3.47. The van der Waals surface area contributed by atoms with Gasteiger partial charge < -0.3 is 10.2 Å². The van der Waals surface area contributed by atoms with Crippen LogP contribution in [0, 0.1) is 0 Å². The first kappa shape index (κ1) is 12.2. The molecule has 1 N–H and O–H groups in total. The summed E-state index contributed by atoms with van der Waals surface area (Å²) in [6, 6.07) is 14.8. The molecule has 1 aliphatic rings. The molecule has 0 unspecified atom stereocenters. The zero-order valence-corrected chi connectivity index (χ0v) is 11.0. The maximum atomic E-state index is 4.40. The summed E-state index contributed by atoms with van der Waals surface area (Å²) >= 11 is 0. The van der Waals surface area contributed by atoms with Crippen LogP contribution in [0.15, 0.2) is 48.7 Å². The van der Waals surface area contributed by atoms with Crippen molar-refractivity contribution >= 4 is 5.69 Å². The number of fused-ring (bicyclic) bond motifs is 1. The second-order valence-electron chi connectivity index (χ2n) is 4.86. The van der Waals surface area contributed by atoms with Gasteiger partial charge in [0, 0.05) is 50.2 Å². The maximum Gasteiger partial charge on any atom is 0.0421 e. The van der Waals surface area contributed by atoms with E-state index in [4.69, 9.17) is 0 Å². The van der Waals surface area contributed by atoms with Gasteiger partial charge in [-0.1, -0.05) is 24.3 Å². The molecule has 19 heavy (non-hydrogen) atoms. The number of hydrogen-bond donors (Lipinski definition) is 1. The Balaban J connectivity index is 1.74. The van der Waals surface area contributed by atoms with Crippen LogP contribution < -0.4 is 10.2 Å². The van der Waals surface area contributed by atoms with Crippen LogP contribution >= 0.6 is 0 Å². The maximum absolute atomic E-state index is 4.40. The monoisotopic (exact) mass is 253 g/mol. The van der Waals surface area contributed by atoms with Crippen LogP contribution in [0.4, 0.5) is 5.69 Å². The molecule has 3 heteroatoms. The molecule has 0 spiro atoms. The summed E-state index contributed by atoms with van der Waals surface area (Å²) in [5.41, 5.74) is 3.92. The fourth-order valence-electron chi connectivity index (χ4n) is 2.55. The molecule has 0 saturated heterocycles. The minimum atomic E-state index is 0.969. The summed E-state index contributed by atoms with van der Waals surface area (Å²) < 4.78 is 0. The Kier molecular flexibility index (Phi) is 3.75. The average molecular weight is 253 g/mol. The summed E-state index contributed by atoms with van der Waals surface area (Å²) in [4.78, 5) is 6.86. The molecule has 1 aromatic carbocycles. The molecule has 1 aliphatic heterocycles. The van der Waals surface area contributed by atoms with Gasteiger partial charge in [0.2, 0.25) is 0 Å². The number of nitrogens with one attached hydrogen (secondary N) is 1. The summed E-state index contributed by atoms with van der Waals surface area (Å²) in [6.45, 7) is 4.09. The zero-order chi connectivity index (χ0) is 12.9. The van der Waals surface area contributed by atoms with Crippen LogP contribution in [0.2, 0.25) is 0 Å². The van der Waals surface area contributed by atoms with E-state index in [1.54, 1.807) is 0 Å². The Morgan fingerprint density at radius 3 is 2.89 bits per heavy atom. The van der Waals surface area contributed by atoms with Crippen molar-refractivity contribution in [2.45, 2.75) is 13.0 Å². The van der Waals surface area contributed by atoms with Crippen molar-refractivity contribution in [2.24, 2.45) is 0 Å². The molecule has 2 heterocycles. The quantitative estimate of drug-likeness (QED) is 0.909. The van der Waals surface area contributed by atoms with Gasteiger partial charge in [0.15, 0.2) is 0 Å². The lowest BCUT2D eigenvalue weighted by atomic mass is 10.1. The first-order valence-corrected chi connectivity index (χ1v) is 6.87. The molecule has 0 amide bonds. The van der Waals surface area contributed by atoms with Gasteiger partial charge in [0.05, 0.1) is 0 Å². The minimum absolute atomic E-state index is 0.969. The summed E-state index contributed by atoms with van der Waals surface area (Å²) in [6.07, 6.45) is 2.86. The predicted molar refractivity (Wildman–Crippen MR) is 78.3 cm³/mol. The van der Waals surface area contributed by atoms with Crippen molar-refractivity contribution in [1.82, 2.24) is 10.3 Å². The molecule has 0 aliphatic carbocycles. The highest BCUT2D eigenvalue weighted by atomic mass is 15.2. The fraction of sp³-hybridized carbons (Fsp3) is 0.312. The number of hydrogen-bond acceptors (Lipinski definition) is 3. The van der Waals surface area contributed by atoms with E-state index in [0.717, 1.165) is 38.3 Å². The molecule has 0 saturated carbocycles. The largest absolute Gasteiger partial charge is 0.370 e. The summed E-state index contributed by atoms with van der Waals surface area (Å²) in [7, 11) is 0. The van der Waals surface area contributed by atoms with Crippen molar-refractivity contribution in [1.29, 1.82) is 0 Å². The van der Waals surface area contributed by atoms with Crippen LogP contribution in [0.1, 0.15) is 11.3 Å². The summed E-state index contributed by atoms with van der Waals surface area (Å²) in [5.74, 6) is 0. The van der Waals surface area contributed by atoms with Crippen LogP contribution in [0.5, 0.6) is 0 Å². The average Bonchev–Trinajstić information content (AvgIpc) is 2.68. The van der Waals surface area contributed by atoms with Gasteiger partial charge in [-0.3, -0.25) is 4.98 Å². The number of pyridine rings is 1. The Labute approximate surface area is 114 Å². The van der Waals surface area contributed by atoms with E-state index < -0.39 is 0 Å². The van der Waals surface area contributed by atoms with Crippen molar-refractivity contribution in [3.63, 3.8) is 0 Å². The Hall–Kier alpha value is -1.87. The number of benzene rings is 1. The number of nitrogens with zero attached hydrogens (tertiary/aromatic N) is 2. The van der Waals surface area contributed by atoms with E-state index in [1.165, 1.54) is 11.3 Å². The Bertz CT molecular complexity index is 525. The third kappa shape index (κ3) is 2.93. The lowest BCUT2D eigenvalue weighted by Crippen LogP contribution is -2.30. The van der Waals surface area contributed by atoms with Crippen molar-refractivity contribution in [2.75, 3.05) is 24.5 Å². The number of aromatic nitrogens is 1. The van der Waals surface area contributed by atoms with Gasteiger partial charge in [-0.05, 0) is 23.8 Å². The smallest absolute Gasteiger partial charge is 0.0421 e. The molecule has 3 rings (SSSR count). The van der Waals surface area contributed by atoms with Crippen LogP contribution in [-0.4, -0.2) is 24.6 Å². The number of para-hydroxylation sites is 1. The standard InChI is InChI=1S/C16H19N3/c1-2-7-16-14(5-1)13-17-10-12-19(16)11-8-15-6-3-4-9-18-15/h1-7,9,17H,8,10-13H2. The molecule has 1 aromatic heterocycles. The van der Waals surface area contributed by atoms with Crippen LogP contribution in [0.3, 0.4) is 0 Å². The van der Waals surface area contributed by atoms with E-state index in [2.05, 4.69) is 51.6 Å². The van der Waals surface area contributed by atoms with Crippen LogP contribution in [0.25, 0.3) is 0 Å². The fourth-order valence-corrected chi connectivity index (χ4v) is 2.55. The van der Waals surface area contributed by atoms with Crippen molar-refractivity contribution in [3.05, 3.63) is 59.9 Å². The SMILES string of the molecule is c1ccc(CCN2CCNCc3ccccc32)nc1. The second kappa shape index (κ2) is 5.85. The van der Waals surface area contributed by atoms with Gasteiger partial charge in [0.25, 0.3) is 0 Å². The van der Waals surface area contributed by atoms with Gasteiger partial charge in [0.1, 0.15) is 0 Å². The van der Waals surface area contributed by atoms with Gasteiger partial charge in [-0.25, -0.2) is 0 Å². The third-order valence-electron chi connectivity index (χ3n) is 3.57.